The molecule has 0 unspecified atom stereocenters. The van der Waals surface area contributed by atoms with Crippen molar-refractivity contribution in [3.05, 3.63) is 225 Å². The molecule has 3 aromatic heterocycles. The molecule has 11 aromatic rings. The maximum Gasteiger partial charge on any atom is 0.164 e. The molecule has 11 rings (SSSR count). The van der Waals surface area contributed by atoms with Gasteiger partial charge in [0, 0.05) is 34.0 Å². The molecule has 0 aliphatic heterocycles. The van der Waals surface area contributed by atoms with E-state index in [0.29, 0.717) is 17.5 Å². The summed E-state index contributed by atoms with van der Waals surface area (Å²) in [6.07, 6.45) is 2.09. The number of fused-ring (bicyclic) bond motifs is 2. The molecule has 5 heteroatoms. The Bertz CT molecular complexity index is 3320. The molecule has 0 radical (unpaired) electrons. The highest BCUT2D eigenvalue weighted by molar-refractivity contribution is 5.98. The van der Waals surface area contributed by atoms with Gasteiger partial charge in [0.05, 0.1) is 11.4 Å². The van der Waals surface area contributed by atoms with Gasteiger partial charge in [-0.15, -0.1) is 0 Å². The highest BCUT2D eigenvalue weighted by Crippen LogP contribution is 2.38. The second-order valence-corrected chi connectivity index (χ2v) is 15.1. The molecule has 0 saturated heterocycles. The summed E-state index contributed by atoms with van der Waals surface area (Å²) in [5.74, 6) is 1.85. The Kier molecular flexibility index (Phi) is 9.10. The summed E-state index contributed by atoms with van der Waals surface area (Å²) in [4.78, 5) is 20.5. The van der Waals surface area contributed by atoms with E-state index in [2.05, 4.69) is 180 Å². The molecule has 0 N–H and O–H groups in total. The molecule has 0 fully saturated rings. The summed E-state index contributed by atoms with van der Waals surface area (Å²) in [5.41, 5.74) is 14.5. The van der Waals surface area contributed by atoms with E-state index in [9.17, 15) is 0 Å². The molecule has 0 bridgehead atoms. The predicted molar refractivity (Wildman–Crippen MR) is 250 cm³/mol. The summed E-state index contributed by atoms with van der Waals surface area (Å²) in [5, 5.41) is 2.37. The quantitative estimate of drug-likeness (QED) is 0.154. The lowest BCUT2D eigenvalue weighted by Gasteiger charge is -2.14. The van der Waals surface area contributed by atoms with Gasteiger partial charge in [0.15, 0.2) is 17.5 Å². The van der Waals surface area contributed by atoms with Crippen molar-refractivity contribution in [2.75, 3.05) is 0 Å². The Balaban J connectivity index is 1.07. The van der Waals surface area contributed by atoms with Crippen molar-refractivity contribution < 1.29 is 0 Å². The number of rotatable bonds is 8. The molecule has 61 heavy (non-hydrogen) atoms. The number of aromatic nitrogens is 5. The van der Waals surface area contributed by atoms with E-state index >= 15 is 0 Å². The Morgan fingerprint density at radius 2 is 0.770 bits per heavy atom. The van der Waals surface area contributed by atoms with Gasteiger partial charge in [-0.05, 0) is 74.5 Å². The van der Waals surface area contributed by atoms with Crippen LogP contribution in [-0.4, -0.2) is 24.3 Å². The first-order valence-corrected chi connectivity index (χ1v) is 20.5. The number of benzene rings is 8. The van der Waals surface area contributed by atoms with Crippen LogP contribution in [0.25, 0.3) is 106 Å². The SMILES string of the molecule is c1ccc(-c2ccc(-c3nc(-c4ccccc4)nc(-c4cc(-c5ccc(-c6c(-c7ccccc7)nc7ccccn67)cc5)cc(-c5cccc6ccccc56)c4)n3)cc2)cc1. The van der Waals surface area contributed by atoms with Crippen LogP contribution < -0.4 is 0 Å². The Morgan fingerprint density at radius 3 is 1.48 bits per heavy atom. The van der Waals surface area contributed by atoms with Crippen molar-refractivity contribution >= 4 is 16.4 Å². The third kappa shape index (κ3) is 6.94. The van der Waals surface area contributed by atoms with Gasteiger partial charge in [-0.25, -0.2) is 19.9 Å². The van der Waals surface area contributed by atoms with Crippen LogP contribution in [0.5, 0.6) is 0 Å². The lowest BCUT2D eigenvalue weighted by atomic mass is 9.92. The van der Waals surface area contributed by atoms with Crippen molar-refractivity contribution in [1.29, 1.82) is 0 Å². The van der Waals surface area contributed by atoms with Crippen LogP contribution in [0.3, 0.4) is 0 Å². The Labute approximate surface area is 354 Å². The van der Waals surface area contributed by atoms with Crippen LogP contribution in [0, 0.1) is 0 Å². The van der Waals surface area contributed by atoms with Gasteiger partial charge < -0.3 is 0 Å². The highest BCUT2D eigenvalue weighted by atomic mass is 15.0. The number of hydrogen-bond donors (Lipinski definition) is 0. The van der Waals surface area contributed by atoms with E-state index in [4.69, 9.17) is 19.9 Å². The highest BCUT2D eigenvalue weighted by Gasteiger charge is 2.18. The van der Waals surface area contributed by atoms with Crippen LogP contribution in [0.4, 0.5) is 0 Å². The van der Waals surface area contributed by atoms with Crippen LogP contribution in [-0.2, 0) is 0 Å². The van der Waals surface area contributed by atoms with Gasteiger partial charge in [-0.2, -0.15) is 0 Å². The fraction of sp³-hybridized carbons (Fsp3) is 0. The largest absolute Gasteiger partial charge is 0.299 e. The summed E-state index contributed by atoms with van der Waals surface area (Å²) in [7, 11) is 0. The molecule has 0 spiro atoms. The van der Waals surface area contributed by atoms with E-state index in [-0.39, 0.29) is 0 Å². The van der Waals surface area contributed by atoms with E-state index in [0.717, 1.165) is 78.2 Å². The van der Waals surface area contributed by atoms with Crippen molar-refractivity contribution in [2.24, 2.45) is 0 Å². The molecular weight excluding hydrogens is 743 g/mol. The average molecular weight is 780 g/mol. The molecule has 0 atom stereocenters. The topological polar surface area (TPSA) is 56.0 Å². The Hall–Kier alpha value is -8.28. The number of nitrogens with zero attached hydrogens (tertiary/aromatic N) is 5. The molecule has 0 saturated carbocycles. The Morgan fingerprint density at radius 1 is 0.295 bits per heavy atom. The molecule has 5 nitrogen and oxygen atoms in total. The number of pyridine rings is 1. The average Bonchev–Trinajstić information content (AvgIpc) is 3.74. The minimum absolute atomic E-state index is 0.606. The molecular formula is C56H37N5. The molecule has 0 aliphatic carbocycles. The first-order valence-electron chi connectivity index (χ1n) is 20.5. The third-order valence-corrected chi connectivity index (χ3v) is 11.3. The van der Waals surface area contributed by atoms with Crippen LogP contribution in [0.1, 0.15) is 0 Å². The fourth-order valence-corrected chi connectivity index (χ4v) is 8.24. The zero-order chi connectivity index (χ0) is 40.5. The first kappa shape index (κ1) is 35.8. The van der Waals surface area contributed by atoms with Crippen molar-refractivity contribution in [1.82, 2.24) is 24.3 Å². The summed E-state index contributed by atoms with van der Waals surface area (Å²) >= 11 is 0. The van der Waals surface area contributed by atoms with E-state index < -0.39 is 0 Å². The summed E-state index contributed by atoms with van der Waals surface area (Å²) in [6, 6.07) is 76.2. The van der Waals surface area contributed by atoms with Gasteiger partial charge in [0.25, 0.3) is 0 Å². The minimum atomic E-state index is 0.606. The molecule has 0 amide bonds. The normalized spacial score (nSPS) is 11.3. The lowest BCUT2D eigenvalue weighted by Crippen LogP contribution is -2.00. The van der Waals surface area contributed by atoms with E-state index in [1.807, 2.05) is 48.5 Å². The maximum absolute atomic E-state index is 5.22. The van der Waals surface area contributed by atoms with Crippen LogP contribution >= 0.6 is 0 Å². The third-order valence-electron chi connectivity index (χ3n) is 11.3. The van der Waals surface area contributed by atoms with Crippen molar-refractivity contribution in [3.63, 3.8) is 0 Å². The standard InChI is InChI=1S/C56H37N5/c1-4-15-38(16-5-1)39-28-32-45(33-29-39)55-58-54(44-20-8-3-9-21-44)59-56(60-55)48-36-46(35-47(37-48)50-24-14-22-41-17-10-11-23-49(41)50)40-26-30-43(31-27-40)53-52(42-18-6-2-7-19-42)57-51-25-12-13-34-61(51)53/h1-37H. The predicted octanol–water partition coefficient (Wildman–Crippen LogP) is 14.0. The smallest absolute Gasteiger partial charge is 0.164 e. The van der Waals surface area contributed by atoms with Crippen molar-refractivity contribution in [2.45, 2.75) is 0 Å². The van der Waals surface area contributed by atoms with Gasteiger partial charge in [0.2, 0.25) is 0 Å². The minimum Gasteiger partial charge on any atom is -0.299 e. The van der Waals surface area contributed by atoms with E-state index in [1.54, 1.807) is 0 Å². The summed E-state index contributed by atoms with van der Waals surface area (Å²) < 4.78 is 2.18. The second-order valence-electron chi connectivity index (χ2n) is 15.1. The van der Waals surface area contributed by atoms with Gasteiger partial charge >= 0.3 is 0 Å². The molecule has 8 aromatic carbocycles. The number of hydrogen-bond acceptors (Lipinski definition) is 4. The van der Waals surface area contributed by atoms with Crippen LogP contribution in [0.2, 0.25) is 0 Å². The fourth-order valence-electron chi connectivity index (χ4n) is 8.24. The molecule has 286 valence electrons. The monoisotopic (exact) mass is 779 g/mol. The van der Waals surface area contributed by atoms with Gasteiger partial charge in [-0.3, -0.25) is 4.40 Å². The van der Waals surface area contributed by atoms with E-state index in [1.165, 1.54) is 10.8 Å². The number of imidazole rings is 1. The molecule has 0 aliphatic rings. The summed E-state index contributed by atoms with van der Waals surface area (Å²) in [6.45, 7) is 0. The van der Waals surface area contributed by atoms with Gasteiger partial charge in [-0.1, -0.05) is 188 Å². The van der Waals surface area contributed by atoms with Crippen molar-refractivity contribution in [3.8, 4) is 90.1 Å². The maximum atomic E-state index is 5.22. The molecule has 3 heterocycles. The first-order chi connectivity index (χ1) is 30.2. The lowest BCUT2D eigenvalue weighted by molar-refractivity contribution is 1.07. The zero-order valence-electron chi connectivity index (χ0n) is 33.1. The van der Waals surface area contributed by atoms with Crippen LogP contribution in [0.15, 0.2) is 225 Å². The zero-order valence-corrected chi connectivity index (χ0v) is 33.1. The van der Waals surface area contributed by atoms with Gasteiger partial charge in [0.1, 0.15) is 5.65 Å². The second kappa shape index (κ2) is 15.5.